The van der Waals surface area contributed by atoms with E-state index in [1.807, 2.05) is 19.2 Å². The number of nitrogens with zero attached hydrogens (tertiary/aromatic N) is 2. The molecule has 3 rings (SSSR count). The number of nitrogens with one attached hydrogen (secondary N) is 3. The van der Waals surface area contributed by atoms with E-state index in [9.17, 15) is 19.2 Å². The molecule has 1 aromatic heterocycles. The molecule has 3 heterocycles. The number of rotatable bonds is 6. The highest BCUT2D eigenvalue weighted by atomic mass is 32.2. The number of hydrogen-bond donors (Lipinski definition) is 4. The maximum absolute atomic E-state index is 13.2. The predicted octanol–water partition coefficient (Wildman–Crippen LogP) is 1.46. The number of ether oxygens (including phenoxy) is 1. The van der Waals surface area contributed by atoms with Gasteiger partial charge in [0.25, 0.3) is 0 Å². The number of hydrogen-bond acceptors (Lipinski definition) is 10. The normalized spacial score (nSPS) is 25.4. The Hall–Kier alpha value is -2.38. The van der Waals surface area contributed by atoms with E-state index < -0.39 is 23.7 Å². The van der Waals surface area contributed by atoms with E-state index in [4.69, 9.17) is 4.74 Å². The zero-order valence-corrected chi connectivity index (χ0v) is 22.9. The van der Waals surface area contributed by atoms with Crippen LogP contribution in [0.5, 0.6) is 0 Å². The second kappa shape index (κ2) is 12.7. The van der Waals surface area contributed by atoms with Gasteiger partial charge in [-0.1, -0.05) is 19.9 Å². The minimum atomic E-state index is -1.04. The lowest BCUT2D eigenvalue weighted by Crippen LogP contribution is -2.53. The van der Waals surface area contributed by atoms with Crippen molar-refractivity contribution in [3.05, 3.63) is 28.2 Å². The Kier molecular flexibility index (Phi) is 9.97. The van der Waals surface area contributed by atoms with Gasteiger partial charge in [-0.3, -0.25) is 19.4 Å². The Morgan fingerprint density at radius 3 is 2.89 bits per heavy atom. The van der Waals surface area contributed by atoms with E-state index in [1.54, 1.807) is 19.1 Å². The van der Waals surface area contributed by atoms with Crippen LogP contribution in [0.3, 0.4) is 0 Å². The predicted molar refractivity (Wildman–Crippen MR) is 143 cm³/mol. The molecule has 2 aliphatic rings. The Labute approximate surface area is 223 Å². The van der Waals surface area contributed by atoms with Gasteiger partial charge < -0.3 is 20.7 Å². The first-order valence-electron chi connectivity index (χ1n) is 11.6. The van der Waals surface area contributed by atoms with Crippen LogP contribution in [0.1, 0.15) is 44.3 Å². The number of thioether (sulfide) groups is 1. The Bertz CT molecular complexity index is 1060. The van der Waals surface area contributed by atoms with Gasteiger partial charge in [-0.15, -0.1) is 23.1 Å². The molecule has 4 bridgehead atoms. The quantitative estimate of drug-likeness (QED) is 0.181. The lowest BCUT2D eigenvalue weighted by atomic mass is 10.0. The van der Waals surface area contributed by atoms with E-state index in [-0.39, 0.29) is 42.4 Å². The molecule has 3 N–H and O–H groups in total. The van der Waals surface area contributed by atoms with Crippen molar-refractivity contribution in [2.75, 3.05) is 18.1 Å². The van der Waals surface area contributed by atoms with Crippen molar-refractivity contribution in [1.29, 1.82) is 0 Å². The van der Waals surface area contributed by atoms with Crippen LogP contribution in [0.2, 0.25) is 0 Å². The van der Waals surface area contributed by atoms with Crippen LogP contribution in [-0.2, 0) is 30.5 Å². The molecule has 3 amide bonds. The summed E-state index contributed by atoms with van der Waals surface area (Å²) in [7, 11) is 0. The van der Waals surface area contributed by atoms with Crippen LogP contribution in [-0.4, -0.2) is 69.5 Å². The molecule has 1 aromatic rings. The second-order valence-electron chi connectivity index (χ2n) is 8.98. The smallest absolute Gasteiger partial charge is 0.329 e. The number of carbonyl (C=O) groups is 4. The number of fused-ring (bicyclic) bond motifs is 4. The summed E-state index contributed by atoms with van der Waals surface area (Å²) < 4.78 is 5.68. The number of thiazole rings is 1. The van der Waals surface area contributed by atoms with Crippen LogP contribution in [0, 0.1) is 5.92 Å². The fourth-order valence-corrected chi connectivity index (χ4v) is 5.47. The highest BCUT2D eigenvalue weighted by Gasteiger charge is 2.41. The number of thiol groups is 1. The number of aliphatic imine (C=N–C) groups is 1. The number of esters is 1. The first kappa shape index (κ1) is 28.2. The molecule has 0 radical (unpaired) electrons. The molecule has 0 saturated carbocycles. The largest absolute Gasteiger partial charge is 0.456 e. The number of carbonyl (C=O) groups excluding carboxylic acids is 4. The zero-order chi connectivity index (χ0) is 26.3. The minimum absolute atomic E-state index is 0.0946. The Morgan fingerprint density at radius 1 is 1.39 bits per heavy atom. The fourth-order valence-electron chi connectivity index (χ4n) is 3.43. The summed E-state index contributed by atoms with van der Waals surface area (Å²) in [6.45, 7) is 5.97. The molecule has 0 saturated heterocycles. The third kappa shape index (κ3) is 7.56. The molecule has 10 nitrogen and oxygen atoms in total. The van der Waals surface area contributed by atoms with E-state index in [0.29, 0.717) is 34.5 Å². The average molecular weight is 554 g/mol. The molecule has 36 heavy (non-hydrogen) atoms. The van der Waals surface area contributed by atoms with Gasteiger partial charge in [0, 0.05) is 17.7 Å². The van der Waals surface area contributed by atoms with Crippen molar-refractivity contribution < 1.29 is 23.9 Å². The number of amides is 3. The average Bonchev–Trinajstić information content (AvgIpc) is 3.47. The van der Waals surface area contributed by atoms with Gasteiger partial charge >= 0.3 is 5.97 Å². The Balaban J connectivity index is 1.82. The summed E-state index contributed by atoms with van der Waals surface area (Å²) in [5.41, 5.74) is -0.373. The summed E-state index contributed by atoms with van der Waals surface area (Å²) in [5.74, 6) is -1.23. The van der Waals surface area contributed by atoms with E-state index in [1.165, 1.54) is 23.1 Å². The molecule has 3 atom stereocenters. The fraction of sp³-hybridized carbons (Fsp3) is 0.565. The van der Waals surface area contributed by atoms with Crippen molar-refractivity contribution in [2.45, 2.75) is 57.8 Å². The first-order chi connectivity index (χ1) is 17.1. The molecule has 0 aromatic carbocycles. The standard InChI is InChI=1S/C23H31N5O5S3/c1-13(2)19-21(31)33-14(6-4-5-7-24-17(30)10-34)8-16(29)25-9-18-26-15(11-35-18)20-28-23(3,12-36-20)22(32)27-19/h4,6,11,13-14,19,34H,5,7-10,12H2,1-3H3,(H,24,30)(H,25,29)(H,27,32)/b6-4+/t14-,19+,23+/m1/s1. The summed E-state index contributed by atoms with van der Waals surface area (Å²) >= 11 is 6.75. The monoisotopic (exact) mass is 553 g/mol. The second-order valence-corrected chi connectivity index (χ2v) is 11.2. The van der Waals surface area contributed by atoms with Crippen LogP contribution in [0.25, 0.3) is 0 Å². The molecular weight excluding hydrogens is 522 g/mol. The van der Waals surface area contributed by atoms with Gasteiger partial charge in [0.15, 0.2) is 0 Å². The van der Waals surface area contributed by atoms with Crippen molar-refractivity contribution in [3.8, 4) is 0 Å². The lowest BCUT2D eigenvalue weighted by Gasteiger charge is -2.27. The van der Waals surface area contributed by atoms with Crippen LogP contribution >= 0.6 is 35.7 Å². The van der Waals surface area contributed by atoms with Crippen molar-refractivity contribution >= 4 is 64.5 Å². The van der Waals surface area contributed by atoms with Gasteiger partial charge in [-0.25, -0.2) is 9.78 Å². The molecule has 0 spiro atoms. The van der Waals surface area contributed by atoms with Gasteiger partial charge in [0.2, 0.25) is 17.7 Å². The third-order valence-corrected chi connectivity index (χ3v) is 7.94. The summed E-state index contributed by atoms with van der Waals surface area (Å²) in [6.07, 6.45) is 2.91. The molecule has 196 valence electrons. The SMILES string of the molecule is CC(C)[C@@H]1NC(=O)[C@]2(C)CSC(=N2)c2csc(n2)CNC(=O)C[C@@H](/C=C/CCNC(=O)CS)OC1=O. The highest BCUT2D eigenvalue weighted by molar-refractivity contribution is 8.14. The van der Waals surface area contributed by atoms with E-state index >= 15 is 0 Å². The zero-order valence-electron chi connectivity index (χ0n) is 20.4. The molecule has 13 heteroatoms. The maximum Gasteiger partial charge on any atom is 0.329 e. The van der Waals surface area contributed by atoms with Crippen LogP contribution in [0.4, 0.5) is 0 Å². The number of aromatic nitrogens is 1. The Morgan fingerprint density at radius 2 is 2.17 bits per heavy atom. The molecule has 2 aliphatic heterocycles. The molecule has 0 unspecified atom stereocenters. The van der Waals surface area contributed by atoms with Crippen molar-refractivity contribution in [2.24, 2.45) is 10.9 Å². The van der Waals surface area contributed by atoms with Gasteiger partial charge in [0.1, 0.15) is 33.4 Å². The van der Waals surface area contributed by atoms with E-state index in [2.05, 4.69) is 38.6 Å². The highest BCUT2D eigenvalue weighted by Crippen LogP contribution is 2.32. The lowest BCUT2D eigenvalue weighted by molar-refractivity contribution is -0.153. The van der Waals surface area contributed by atoms with Crippen molar-refractivity contribution in [1.82, 2.24) is 20.9 Å². The first-order valence-corrected chi connectivity index (χ1v) is 14.1. The molecule has 0 aliphatic carbocycles. The van der Waals surface area contributed by atoms with E-state index in [0.717, 1.165) is 0 Å². The summed E-state index contributed by atoms with van der Waals surface area (Å²) in [4.78, 5) is 59.5. The summed E-state index contributed by atoms with van der Waals surface area (Å²) in [6, 6.07) is -0.911. The summed E-state index contributed by atoms with van der Waals surface area (Å²) in [5, 5.41) is 11.5. The maximum atomic E-state index is 13.2. The molecular formula is C23H31N5O5S3. The minimum Gasteiger partial charge on any atom is -0.456 e. The van der Waals surface area contributed by atoms with Gasteiger partial charge in [-0.2, -0.15) is 12.6 Å². The van der Waals surface area contributed by atoms with Crippen molar-refractivity contribution in [3.63, 3.8) is 0 Å². The van der Waals surface area contributed by atoms with Crippen LogP contribution < -0.4 is 16.0 Å². The van der Waals surface area contributed by atoms with Crippen LogP contribution in [0.15, 0.2) is 22.5 Å². The van der Waals surface area contributed by atoms with Gasteiger partial charge in [-0.05, 0) is 25.3 Å². The third-order valence-electron chi connectivity index (χ3n) is 5.52. The molecule has 0 fully saturated rings. The van der Waals surface area contributed by atoms with Gasteiger partial charge in [0.05, 0.1) is 18.7 Å². The number of cyclic esters (lactones) is 1. The topological polar surface area (TPSA) is 139 Å².